The van der Waals surface area contributed by atoms with Crippen molar-refractivity contribution in [1.29, 1.82) is 0 Å². The molecule has 0 aromatic carbocycles. The fraction of sp³-hybridized carbons (Fsp3) is 0.500. The Kier molecular flexibility index (Phi) is 6.23. The Bertz CT molecular complexity index is 1120. The van der Waals surface area contributed by atoms with Crippen LogP contribution in [0.4, 0.5) is 17.3 Å². The second kappa shape index (κ2) is 9.46. The topological polar surface area (TPSA) is 113 Å². The number of ether oxygens (including phenoxy) is 1. The molecular formula is C24H31N7O3. The maximum Gasteiger partial charge on any atom is 0.377 e. The maximum atomic E-state index is 13.2. The van der Waals surface area contributed by atoms with Gasteiger partial charge in [-0.1, -0.05) is 12.8 Å². The number of aliphatic imine (C=N–C) groups is 1. The van der Waals surface area contributed by atoms with Gasteiger partial charge in [-0.15, -0.1) is 0 Å². The highest BCUT2D eigenvalue weighted by atomic mass is 16.5. The molecule has 0 bridgehead atoms. The molecule has 1 aliphatic carbocycles. The normalized spacial score (nSPS) is 22.2. The minimum Gasteiger partial charge on any atom is -0.461 e. The highest BCUT2D eigenvalue weighted by molar-refractivity contribution is 5.97. The number of pyridine rings is 2. The number of nitrogens with one attached hydrogen (secondary N) is 3. The van der Waals surface area contributed by atoms with Crippen molar-refractivity contribution in [2.75, 3.05) is 48.3 Å². The minimum atomic E-state index is -1.62. The fourth-order valence-electron chi connectivity index (χ4n) is 4.91. The summed E-state index contributed by atoms with van der Waals surface area (Å²) < 4.78 is 7.15. The van der Waals surface area contributed by atoms with E-state index in [1.54, 1.807) is 36.0 Å². The Balaban J connectivity index is 1.47. The van der Waals surface area contributed by atoms with Gasteiger partial charge in [-0.3, -0.25) is 9.36 Å². The van der Waals surface area contributed by atoms with Crippen LogP contribution in [-0.2, 0) is 9.53 Å². The molecule has 1 atom stereocenters. The third-order valence-electron chi connectivity index (χ3n) is 6.65. The van der Waals surface area contributed by atoms with E-state index in [4.69, 9.17) is 4.74 Å². The van der Waals surface area contributed by atoms with Crippen LogP contribution in [0.25, 0.3) is 0 Å². The Morgan fingerprint density at radius 1 is 1.21 bits per heavy atom. The van der Waals surface area contributed by atoms with E-state index in [1.807, 2.05) is 12.1 Å². The molecule has 10 nitrogen and oxygen atoms in total. The molecule has 0 spiro atoms. The number of aromatic nitrogens is 2. The molecule has 3 N–H and O–H groups in total. The average molecular weight is 466 g/mol. The van der Waals surface area contributed by atoms with E-state index in [1.165, 1.54) is 0 Å². The van der Waals surface area contributed by atoms with E-state index in [9.17, 15) is 9.59 Å². The first kappa shape index (κ1) is 22.4. The third kappa shape index (κ3) is 4.25. The molecule has 4 heterocycles. The van der Waals surface area contributed by atoms with Gasteiger partial charge in [0.2, 0.25) is 0 Å². The van der Waals surface area contributed by atoms with Crippen molar-refractivity contribution >= 4 is 29.5 Å². The zero-order valence-electron chi connectivity index (χ0n) is 19.4. The van der Waals surface area contributed by atoms with Crippen molar-refractivity contribution in [2.45, 2.75) is 44.4 Å². The largest absolute Gasteiger partial charge is 0.461 e. The predicted octanol–water partition coefficient (Wildman–Crippen LogP) is 1.94. The van der Waals surface area contributed by atoms with E-state index in [-0.39, 0.29) is 18.2 Å². The zero-order chi connectivity index (χ0) is 23.5. The van der Waals surface area contributed by atoms with E-state index in [0.29, 0.717) is 11.6 Å². The molecule has 10 heteroatoms. The van der Waals surface area contributed by atoms with Gasteiger partial charge in [0.25, 0.3) is 5.56 Å². The minimum absolute atomic E-state index is 0.0929. The zero-order valence-corrected chi connectivity index (χ0v) is 19.4. The number of esters is 1. The van der Waals surface area contributed by atoms with Crippen LogP contribution in [-0.4, -0.2) is 60.3 Å². The van der Waals surface area contributed by atoms with Crippen molar-refractivity contribution < 1.29 is 9.53 Å². The molecule has 0 radical (unpaired) electrons. The summed E-state index contributed by atoms with van der Waals surface area (Å²) in [5, 5.41) is 9.72. The molecule has 5 rings (SSSR count). The fourth-order valence-corrected chi connectivity index (χ4v) is 4.91. The Hall–Kier alpha value is -3.40. The van der Waals surface area contributed by atoms with Crippen LogP contribution in [0, 0.1) is 0 Å². The lowest BCUT2D eigenvalue weighted by Gasteiger charge is -2.35. The molecule has 2 fully saturated rings. The molecule has 3 aliphatic rings. The van der Waals surface area contributed by atoms with Gasteiger partial charge >= 0.3 is 11.8 Å². The average Bonchev–Trinajstić information content (AvgIpc) is 3.39. The van der Waals surface area contributed by atoms with Gasteiger partial charge in [0.1, 0.15) is 11.6 Å². The number of hydrogen-bond donors (Lipinski definition) is 3. The molecule has 1 unspecified atom stereocenters. The van der Waals surface area contributed by atoms with E-state index in [2.05, 4.69) is 30.8 Å². The number of piperazine rings is 1. The van der Waals surface area contributed by atoms with Crippen molar-refractivity contribution in [3.63, 3.8) is 0 Å². The van der Waals surface area contributed by atoms with Crippen LogP contribution >= 0.6 is 0 Å². The van der Waals surface area contributed by atoms with Crippen LogP contribution in [0.15, 0.2) is 40.2 Å². The molecule has 2 aromatic rings. The SMILES string of the molecule is CCOC(=O)C1(Nc2ccc(N3CCNCC3)cn2)N=Cc2ccc(=O)n(C3CCCC3)c2N1. The molecule has 0 amide bonds. The molecule has 180 valence electrons. The number of carbonyl (C=O) groups is 1. The second-order valence-electron chi connectivity index (χ2n) is 8.86. The first-order valence-corrected chi connectivity index (χ1v) is 12.1. The summed E-state index contributed by atoms with van der Waals surface area (Å²) in [5.74, 6) is -1.15. The Morgan fingerprint density at radius 3 is 2.71 bits per heavy atom. The summed E-state index contributed by atoms with van der Waals surface area (Å²) in [6, 6.07) is 7.20. The summed E-state index contributed by atoms with van der Waals surface area (Å²) in [6.07, 6.45) is 7.45. The van der Waals surface area contributed by atoms with Crippen LogP contribution in [0.3, 0.4) is 0 Å². The smallest absolute Gasteiger partial charge is 0.377 e. The lowest BCUT2D eigenvalue weighted by atomic mass is 10.1. The molecule has 2 aromatic heterocycles. The van der Waals surface area contributed by atoms with Crippen LogP contribution in [0.2, 0.25) is 0 Å². The van der Waals surface area contributed by atoms with Crippen LogP contribution in [0.5, 0.6) is 0 Å². The number of rotatable bonds is 6. The highest BCUT2D eigenvalue weighted by Crippen LogP contribution is 2.34. The standard InChI is InChI=1S/C24H31N7O3/c1-2-34-23(33)24(28-20-9-8-19(16-26-20)30-13-11-25-12-14-30)27-15-17-7-10-21(32)31(22(17)29-24)18-5-3-4-6-18/h7-10,15-16,18,25,29H,2-6,11-14H2,1H3,(H,26,28). The first-order valence-electron chi connectivity index (χ1n) is 12.1. The molecule has 34 heavy (non-hydrogen) atoms. The lowest BCUT2D eigenvalue weighted by Crippen LogP contribution is -2.55. The summed E-state index contributed by atoms with van der Waals surface area (Å²) in [6.45, 7) is 5.66. The number of hydrogen-bond acceptors (Lipinski definition) is 9. The maximum absolute atomic E-state index is 13.2. The van der Waals surface area contributed by atoms with Crippen molar-refractivity contribution in [3.05, 3.63) is 46.4 Å². The summed E-state index contributed by atoms with van der Waals surface area (Å²) in [4.78, 5) is 37.4. The Morgan fingerprint density at radius 2 is 2.00 bits per heavy atom. The summed E-state index contributed by atoms with van der Waals surface area (Å²) >= 11 is 0. The van der Waals surface area contributed by atoms with Gasteiger partial charge in [-0.05, 0) is 38.0 Å². The lowest BCUT2D eigenvalue weighted by molar-refractivity contribution is -0.147. The number of carbonyl (C=O) groups excluding carboxylic acids is 1. The first-order chi connectivity index (χ1) is 16.6. The van der Waals surface area contributed by atoms with Crippen LogP contribution < -0.4 is 26.4 Å². The third-order valence-corrected chi connectivity index (χ3v) is 6.65. The van der Waals surface area contributed by atoms with E-state index in [0.717, 1.165) is 63.1 Å². The van der Waals surface area contributed by atoms with Gasteiger partial charge in [0, 0.05) is 50.1 Å². The van der Waals surface area contributed by atoms with E-state index >= 15 is 0 Å². The molecule has 2 aliphatic heterocycles. The number of anilines is 3. The molecule has 1 saturated heterocycles. The van der Waals surface area contributed by atoms with E-state index < -0.39 is 11.8 Å². The van der Waals surface area contributed by atoms with Crippen molar-refractivity contribution in [2.24, 2.45) is 4.99 Å². The Labute approximate surface area is 198 Å². The van der Waals surface area contributed by atoms with Crippen LogP contribution in [0.1, 0.15) is 44.2 Å². The van der Waals surface area contributed by atoms with Gasteiger partial charge < -0.3 is 25.6 Å². The summed E-state index contributed by atoms with van der Waals surface area (Å²) in [7, 11) is 0. The van der Waals surface area contributed by atoms with Gasteiger partial charge in [0.15, 0.2) is 0 Å². The van der Waals surface area contributed by atoms with Crippen molar-refractivity contribution in [1.82, 2.24) is 14.9 Å². The monoisotopic (exact) mass is 465 g/mol. The van der Waals surface area contributed by atoms with Gasteiger partial charge in [-0.2, -0.15) is 0 Å². The number of fused-ring (bicyclic) bond motifs is 1. The van der Waals surface area contributed by atoms with Gasteiger partial charge in [-0.25, -0.2) is 14.8 Å². The molecule has 1 saturated carbocycles. The van der Waals surface area contributed by atoms with Crippen molar-refractivity contribution in [3.8, 4) is 0 Å². The van der Waals surface area contributed by atoms with Gasteiger partial charge in [0.05, 0.1) is 18.5 Å². The highest BCUT2D eigenvalue weighted by Gasteiger charge is 2.44. The molecular weight excluding hydrogens is 434 g/mol. The predicted molar refractivity (Wildman–Crippen MR) is 132 cm³/mol. The number of nitrogens with zero attached hydrogens (tertiary/aromatic N) is 4. The quantitative estimate of drug-likeness (QED) is 0.555. The summed E-state index contributed by atoms with van der Waals surface area (Å²) in [5.41, 5.74) is 1.69. The second-order valence-corrected chi connectivity index (χ2v) is 8.86.